The van der Waals surface area contributed by atoms with E-state index in [1.165, 1.54) is 23.5 Å². The SMILES string of the molecule is C#CCN(c1cnc(C#N)cn1)[C@@H]1CCN(C2=c3cc[nH]c3=NC3CC3C2)C1. The molecule has 1 saturated carbocycles. The van der Waals surface area contributed by atoms with Gasteiger partial charge in [0.15, 0.2) is 5.69 Å². The predicted octanol–water partition coefficient (Wildman–Crippen LogP) is 0.410. The summed E-state index contributed by atoms with van der Waals surface area (Å²) in [7, 11) is 0. The van der Waals surface area contributed by atoms with Gasteiger partial charge in [-0.2, -0.15) is 5.26 Å². The van der Waals surface area contributed by atoms with Gasteiger partial charge in [-0.3, -0.25) is 4.99 Å². The van der Waals surface area contributed by atoms with Gasteiger partial charge in [0.25, 0.3) is 0 Å². The molecule has 1 N–H and O–H groups in total. The third-order valence-corrected chi connectivity index (χ3v) is 5.97. The summed E-state index contributed by atoms with van der Waals surface area (Å²) in [6, 6.07) is 4.91. The van der Waals surface area contributed by atoms with Crippen molar-refractivity contribution in [2.75, 3.05) is 24.5 Å². The number of fused-ring (bicyclic) bond motifs is 2. The fourth-order valence-corrected chi connectivity index (χ4v) is 4.40. The molecule has 0 aromatic carbocycles. The number of aromatic amines is 1. The molecule has 2 fully saturated rings. The van der Waals surface area contributed by atoms with Crippen molar-refractivity contribution in [2.24, 2.45) is 10.9 Å². The molecule has 0 spiro atoms. The second-order valence-electron chi connectivity index (χ2n) is 7.68. The number of nitrogens with one attached hydrogen (secondary N) is 1. The third kappa shape index (κ3) is 2.90. The number of hydrogen-bond donors (Lipinski definition) is 1. The summed E-state index contributed by atoms with van der Waals surface area (Å²) < 4.78 is 0. The van der Waals surface area contributed by atoms with Crippen molar-refractivity contribution < 1.29 is 0 Å². The maximum atomic E-state index is 8.95. The molecule has 2 aromatic rings. The minimum atomic E-state index is 0.267. The maximum absolute atomic E-state index is 8.95. The monoisotopic (exact) mass is 371 g/mol. The highest BCUT2D eigenvalue weighted by Crippen LogP contribution is 2.41. The minimum absolute atomic E-state index is 0.267. The highest BCUT2D eigenvalue weighted by molar-refractivity contribution is 5.47. The fraction of sp³-hybridized carbons (Fsp3) is 0.429. The Morgan fingerprint density at radius 2 is 2.29 bits per heavy atom. The second kappa shape index (κ2) is 6.69. The molecular formula is C21H21N7. The summed E-state index contributed by atoms with van der Waals surface area (Å²) in [6.07, 6.45) is 14.1. The molecule has 28 heavy (non-hydrogen) atoms. The maximum Gasteiger partial charge on any atom is 0.158 e. The quantitative estimate of drug-likeness (QED) is 0.787. The van der Waals surface area contributed by atoms with Gasteiger partial charge in [-0.1, -0.05) is 5.92 Å². The standard InChI is InChI=1S/C21H21N7/c1-2-6-28(20-12-24-15(10-22)11-25-20)16-4-7-27(13-16)19-9-14-8-18(14)26-21-17(19)3-5-23-21/h1,3,5,11-12,14,16,18H,4,6-9,13H2,(H,23,26)/t14?,16-,18?/m1/s1. The van der Waals surface area contributed by atoms with Crippen LogP contribution in [0.25, 0.3) is 5.70 Å². The molecule has 0 amide bonds. The minimum Gasteiger partial charge on any atom is -0.372 e. The van der Waals surface area contributed by atoms with E-state index in [0.717, 1.165) is 37.2 Å². The van der Waals surface area contributed by atoms with Gasteiger partial charge in [0.1, 0.15) is 17.4 Å². The lowest BCUT2D eigenvalue weighted by Gasteiger charge is -2.29. The summed E-state index contributed by atoms with van der Waals surface area (Å²) in [5, 5.41) is 10.2. The number of terminal acetylenes is 1. The van der Waals surface area contributed by atoms with Crippen molar-refractivity contribution >= 4 is 11.5 Å². The van der Waals surface area contributed by atoms with Gasteiger partial charge in [-0.05, 0) is 31.2 Å². The first kappa shape index (κ1) is 16.8. The van der Waals surface area contributed by atoms with Crippen molar-refractivity contribution in [3.63, 3.8) is 0 Å². The van der Waals surface area contributed by atoms with Crippen LogP contribution in [0, 0.1) is 29.6 Å². The first-order valence-corrected chi connectivity index (χ1v) is 9.68. The van der Waals surface area contributed by atoms with Gasteiger partial charge in [0.2, 0.25) is 0 Å². The van der Waals surface area contributed by atoms with E-state index < -0.39 is 0 Å². The van der Waals surface area contributed by atoms with Gasteiger partial charge in [-0.15, -0.1) is 6.42 Å². The lowest BCUT2D eigenvalue weighted by atomic mass is 10.1. The van der Waals surface area contributed by atoms with E-state index in [0.29, 0.717) is 24.2 Å². The highest BCUT2D eigenvalue weighted by atomic mass is 15.3. The molecule has 2 aliphatic heterocycles. The molecule has 0 bridgehead atoms. The molecule has 3 aliphatic rings. The van der Waals surface area contributed by atoms with E-state index in [1.807, 2.05) is 12.3 Å². The van der Waals surface area contributed by atoms with Crippen LogP contribution in [0.15, 0.2) is 29.6 Å². The van der Waals surface area contributed by atoms with Gasteiger partial charge < -0.3 is 14.8 Å². The van der Waals surface area contributed by atoms with E-state index in [9.17, 15) is 0 Å². The van der Waals surface area contributed by atoms with Crippen molar-refractivity contribution in [1.82, 2.24) is 19.9 Å². The summed E-state index contributed by atoms with van der Waals surface area (Å²) in [5.74, 6) is 4.16. The molecule has 2 aromatic heterocycles. The predicted molar refractivity (Wildman–Crippen MR) is 104 cm³/mol. The number of nitrogens with zero attached hydrogens (tertiary/aromatic N) is 6. The van der Waals surface area contributed by atoms with Gasteiger partial charge in [0, 0.05) is 30.2 Å². The average molecular weight is 371 g/mol. The zero-order valence-electron chi connectivity index (χ0n) is 15.5. The topological polar surface area (TPSA) is 84.2 Å². The van der Waals surface area contributed by atoms with Crippen LogP contribution in [0.2, 0.25) is 0 Å². The molecule has 5 rings (SSSR count). The smallest absolute Gasteiger partial charge is 0.158 e. The molecule has 1 saturated heterocycles. The number of H-pyrrole nitrogens is 1. The Kier molecular flexibility index (Phi) is 4.02. The van der Waals surface area contributed by atoms with Crippen LogP contribution in [0.5, 0.6) is 0 Å². The Balaban J connectivity index is 1.42. The Bertz CT molecular complexity index is 1090. The zero-order valence-corrected chi connectivity index (χ0v) is 15.5. The Labute approximate surface area is 163 Å². The van der Waals surface area contributed by atoms with Crippen LogP contribution in [0.1, 0.15) is 25.0 Å². The Morgan fingerprint density at radius 3 is 3.07 bits per heavy atom. The highest BCUT2D eigenvalue weighted by Gasteiger charge is 2.41. The van der Waals surface area contributed by atoms with Crippen LogP contribution in [-0.2, 0) is 0 Å². The molecule has 7 nitrogen and oxygen atoms in total. The summed E-state index contributed by atoms with van der Waals surface area (Å²) >= 11 is 0. The average Bonchev–Trinajstić information content (AvgIpc) is 3.09. The Morgan fingerprint density at radius 1 is 1.36 bits per heavy atom. The van der Waals surface area contributed by atoms with Gasteiger partial charge >= 0.3 is 0 Å². The van der Waals surface area contributed by atoms with Crippen LogP contribution in [0.4, 0.5) is 5.82 Å². The van der Waals surface area contributed by atoms with Crippen molar-refractivity contribution in [3.05, 3.63) is 41.1 Å². The van der Waals surface area contributed by atoms with E-state index in [4.69, 9.17) is 16.7 Å². The number of aromatic nitrogens is 3. The Hall–Kier alpha value is -3.32. The van der Waals surface area contributed by atoms with E-state index in [1.54, 1.807) is 6.20 Å². The zero-order chi connectivity index (χ0) is 19.1. The molecule has 3 atom stereocenters. The molecular weight excluding hydrogens is 350 g/mol. The summed E-state index contributed by atoms with van der Waals surface area (Å²) in [6.45, 7) is 2.37. The largest absolute Gasteiger partial charge is 0.372 e. The molecule has 0 radical (unpaired) electrons. The van der Waals surface area contributed by atoms with Crippen LogP contribution in [0.3, 0.4) is 0 Å². The molecule has 140 valence electrons. The summed E-state index contributed by atoms with van der Waals surface area (Å²) in [5.41, 5.74) is 2.75. The molecule has 4 heterocycles. The van der Waals surface area contributed by atoms with E-state index >= 15 is 0 Å². The third-order valence-electron chi connectivity index (χ3n) is 5.97. The first-order chi connectivity index (χ1) is 13.8. The lowest BCUT2D eigenvalue weighted by molar-refractivity contribution is 0.454. The molecule has 7 heteroatoms. The lowest BCUT2D eigenvalue weighted by Crippen LogP contribution is -2.39. The number of hydrogen-bond acceptors (Lipinski definition) is 6. The number of likely N-dealkylation sites (tertiary alicyclic amines) is 1. The van der Waals surface area contributed by atoms with E-state index in [-0.39, 0.29) is 6.04 Å². The molecule has 1 aliphatic carbocycles. The van der Waals surface area contributed by atoms with E-state index in [2.05, 4.69) is 36.7 Å². The normalized spacial score (nSPS) is 25.0. The summed E-state index contributed by atoms with van der Waals surface area (Å²) in [4.78, 5) is 21.4. The number of nitriles is 1. The molecule has 2 unspecified atom stereocenters. The van der Waals surface area contributed by atoms with Gasteiger partial charge in [0.05, 0.1) is 31.0 Å². The number of anilines is 1. The number of rotatable bonds is 4. The second-order valence-corrected chi connectivity index (χ2v) is 7.68. The van der Waals surface area contributed by atoms with Crippen molar-refractivity contribution in [2.45, 2.75) is 31.3 Å². The van der Waals surface area contributed by atoms with Crippen LogP contribution in [-0.4, -0.2) is 51.6 Å². The van der Waals surface area contributed by atoms with Crippen molar-refractivity contribution in [3.8, 4) is 18.4 Å². The fourth-order valence-electron chi connectivity index (χ4n) is 4.40. The van der Waals surface area contributed by atoms with Crippen molar-refractivity contribution in [1.29, 1.82) is 5.26 Å². The van der Waals surface area contributed by atoms with Gasteiger partial charge in [-0.25, -0.2) is 9.97 Å². The van der Waals surface area contributed by atoms with Crippen LogP contribution >= 0.6 is 0 Å². The van der Waals surface area contributed by atoms with Crippen LogP contribution < -0.4 is 15.6 Å². The first-order valence-electron chi connectivity index (χ1n) is 9.68.